The lowest BCUT2D eigenvalue weighted by Crippen LogP contribution is -2.38. The maximum atomic E-state index is 5.43. The van der Waals surface area contributed by atoms with Gasteiger partial charge in [-0.1, -0.05) is 0 Å². The smallest absolute Gasteiger partial charge is 0.193 e. The van der Waals surface area contributed by atoms with Gasteiger partial charge < -0.3 is 24.1 Å². The highest BCUT2D eigenvalue weighted by atomic mass is 127. The SMILES string of the molecule is CCNC(=NCCc1ccco1)N(C)Cc1cc(OC)c(OC)cc1C.I. The summed E-state index contributed by atoms with van der Waals surface area (Å²) in [5, 5.41) is 3.34. The number of aliphatic imine (C=N–C) groups is 1. The van der Waals surface area contributed by atoms with Crippen LogP contribution in [0.3, 0.4) is 0 Å². The summed E-state index contributed by atoms with van der Waals surface area (Å²) in [6, 6.07) is 7.90. The molecule has 0 amide bonds. The number of hydrogen-bond acceptors (Lipinski definition) is 4. The van der Waals surface area contributed by atoms with Gasteiger partial charge in [-0.3, -0.25) is 4.99 Å². The predicted octanol–water partition coefficient (Wildman–Crippen LogP) is 3.86. The van der Waals surface area contributed by atoms with Gasteiger partial charge in [0.2, 0.25) is 0 Å². The minimum atomic E-state index is 0. The van der Waals surface area contributed by atoms with Crippen LogP contribution in [-0.2, 0) is 13.0 Å². The first kappa shape index (κ1) is 23.1. The van der Waals surface area contributed by atoms with Gasteiger partial charge in [0.1, 0.15) is 5.76 Å². The number of ether oxygens (including phenoxy) is 2. The van der Waals surface area contributed by atoms with Crippen LogP contribution in [0.1, 0.15) is 23.8 Å². The number of furan rings is 1. The molecule has 1 N–H and O–H groups in total. The second-order valence-corrected chi connectivity index (χ2v) is 6.05. The van der Waals surface area contributed by atoms with Crippen molar-refractivity contribution in [3.63, 3.8) is 0 Å². The number of hydrogen-bond donors (Lipinski definition) is 1. The van der Waals surface area contributed by atoms with Gasteiger partial charge >= 0.3 is 0 Å². The molecule has 2 rings (SSSR count). The highest BCUT2D eigenvalue weighted by molar-refractivity contribution is 14.0. The van der Waals surface area contributed by atoms with Crippen LogP contribution in [0.5, 0.6) is 11.5 Å². The summed E-state index contributed by atoms with van der Waals surface area (Å²) in [5.41, 5.74) is 2.32. The quantitative estimate of drug-likeness (QED) is 0.348. The molecule has 0 spiro atoms. The highest BCUT2D eigenvalue weighted by Gasteiger charge is 2.12. The molecular formula is C20H30IN3O3. The first-order chi connectivity index (χ1) is 12.6. The largest absolute Gasteiger partial charge is 0.493 e. The third-order valence-corrected chi connectivity index (χ3v) is 4.15. The normalized spacial score (nSPS) is 10.9. The fraction of sp³-hybridized carbons (Fsp3) is 0.450. The van der Waals surface area contributed by atoms with E-state index in [1.54, 1.807) is 20.5 Å². The van der Waals surface area contributed by atoms with Gasteiger partial charge in [0, 0.05) is 33.1 Å². The van der Waals surface area contributed by atoms with E-state index in [4.69, 9.17) is 18.9 Å². The Hall–Kier alpha value is -1.90. The molecule has 1 heterocycles. The predicted molar refractivity (Wildman–Crippen MR) is 120 cm³/mol. The van der Waals surface area contributed by atoms with Crippen molar-refractivity contribution in [3.05, 3.63) is 47.4 Å². The molecule has 0 saturated heterocycles. The number of halogens is 1. The van der Waals surface area contributed by atoms with Gasteiger partial charge in [0.25, 0.3) is 0 Å². The second-order valence-electron chi connectivity index (χ2n) is 6.05. The lowest BCUT2D eigenvalue weighted by molar-refractivity contribution is 0.353. The van der Waals surface area contributed by atoms with Crippen molar-refractivity contribution in [1.82, 2.24) is 10.2 Å². The van der Waals surface area contributed by atoms with Crippen LogP contribution < -0.4 is 14.8 Å². The fourth-order valence-corrected chi connectivity index (χ4v) is 2.72. The number of nitrogens with zero attached hydrogens (tertiary/aromatic N) is 2. The molecule has 27 heavy (non-hydrogen) atoms. The van der Waals surface area contributed by atoms with E-state index in [0.717, 1.165) is 48.3 Å². The Bertz CT molecular complexity index is 718. The summed E-state index contributed by atoms with van der Waals surface area (Å²) in [6.07, 6.45) is 2.47. The third kappa shape index (κ3) is 6.64. The maximum Gasteiger partial charge on any atom is 0.193 e. The van der Waals surface area contributed by atoms with Crippen molar-refractivity contribution in [2.45, 2.75) is 26.8 Å². The van der Waals surface area contributed by atoms with Crippen molar-refractivity contribution < 1.29 is 13.9 Å². The average Bonchev–Trinajstić information content (AvgIpc) is 3.15. The van der Waals surface area contributed by atoms with E-state index in [2.05, 4.69) is 24.1 Å². The first-order valence-corrected chi connectivity index (χ1v) is 8.82. The molecule has 6 nitrogen and oxygen atoms in total. The molecule has 0 aliphatic carbocycles. The van der Waals surface area contributed by atoms with E-state index in [0.29, 0.717) is 6.54 Å². The minimum absolute atomic E-state index is 0. The van der Waals surface area contributed by atoms with Crippen LogP contribution >= 0.6 is 24.0 Å². The topological polar surface area (TPSA) is 59.2 Å². The van der Waals surface area contributed by atoms with Crippen molar-refractivity contribution in [1.29, 1.82) is 0 Å². The summed E-state index contributed by atoms with van der Waals surface area (Å²) in [6.45, 7) is 6.35. The van der Waals surface area contributed by atoms with Crippen LogP contribution in [0, 0.1) is 6.92 Å². The molecule has 0 aliphatic heterocycles. The van der Waals surface area contributed by atoms with Crippen molar-refractivity contribution in [2.75, 3.05) is 34.4 Å². The van der Waals surface area contributed by atoms with Crippen LogP contribution in [0.2, 0.25) is 0 Å². The zero-order valence-corrected chi connectivity index (χ0v) is 19.1. The number of aryl methyl sites for hydroxylation is 1. The molecular weight excluding hydrogens is 457 g/mol. The van der Waals surface area contributed by atoms with Gasteiger partial charge in [-0.2, -0.15) is 0 Å². The zero-order valence-electron chi connectivity index (χ0n) is 16.7. The lowest BCUT2D eigenvalue weighted by atomic mass is 10.1. The molecule has 0 radical (unpaired) electrons. The first-order valence-electron chi connectivity index (χ1n) is 8.82. The number of rotatable bonds is 8. The summed E-state index contributed by atoms with van der Waals surface area (Å²) < 4.78 is 16.2. The van der Waals surface area contributed by atoms with Crippen molar-refractivity contribution in [3.8, 4) is 11.5 Å². The Kier molecular flexibility index (Phi) is 10.1. The molecule has 0 fully saturated rings. The van der Waals surface area contributed by atoms with Crippen LogP contribution in [0.15, 0.2) is 39.9 Å². The Morgan fingerprint density at radius 3 is 2.52 bits per heavy atom. The lowest BCUT2D eigenvalue weighted by Gasteiger charge is -2.23. The van der Waals surface area contributed by atoms with Gasteiger partial charge in [0.15, 0.2) is 17.5 Å². The average molecular weight is 487 g/mol. The molecule has 0 bridgehead atoms. The van der Waals surface area contributed by atoms with Crippen molar-refractivity contribution >= 4 is 29.9 Å². The molecule has 150 valence electrons. The van der Waals surface area contributed by atoms with E-state index < -0.39 is 0 Å². The van der Waals surface area contributed by atoms with E-state index in [9.17, 15) is 0 Å². The molecule has 2 aromatic rings. The van der Waals surface area contributed by atoms with Crippen LogP contribution in [-0.4, -0.2) is 45.2 Å². The zero-order chi connectivity index (χ0) is 18.9. The Morgan fingerprint density at radius 2 is 1.93 bits per heavy atom. The molecule has 0 atom stereocenters. The van der Waals surface area contributed by atoms with E-state index in [1.807, 2.05) is 31.3 Å². The number of benzene rings is 1. The van der Waals surface area contributed by atoms with Gasteiger partial charge in [-0.05, 0) is 49.2 Å². The van der Waals surface area contributed by atoms with Crippen LogP contribution in [0.25, 0.3) is 0 Å². The molecule has 0 saturated carbocycles. The molecule has 1 aromatic carbocycles. The Balaban J connectivity index is 0.00000364. The molecule has 0 unspecified atom stereocenters. The van der Waals surface area contributed by atoms with E-state index >= 15 is 0 Å². The maximum absolute atomic E-state index is 5.43. The van der Waals surface area contributed by atoms with E-state index in [1.165, 1.54) is 5.56 Å². The van der Waals surface area contributed by atoms with Crippen LogP contribution in [0.4, 0.5) is 0 Å². The third-order valence-electron chi connectivity index (χ3n) is 4.15. The highest BCUT2D eigenvalue weighted by Crippen LogP contribution is 2.30. The number of nitrogens with one attached hydrogen (secondary N) is 1. The molecule has 0 aliphatic rings. The van der Waals surface area contributed by atoms with Gasteiger partial charge in [-0.15, -0.1) is 24.0 Å². The standard InChI is InChI=1S/C20H29N3O3.HI/c1-6-21-20(22-10-9-17-8-7-11-26-17)23(3)14-16-13-19(25-5)18(24-4)12-15(16)2;/h7-8,11-13H,6,9-10,14H2,1-5H3,(H,21,22);1H. The summed E-state index contributed by atoms with van der Waals surface area (Å²) in [4.78, 5) is 6.82. The summed E-state index contributed by atoms with van der Waals surface area (Å²) in [5.74, 6) is 3.30. The van der Waals surface area contributed by atoms with E-state index in [-0.39, 0.29) is 24.0 Å². The molecule has 1 aromatic heterocycles. The number of methoxy groups -OCH3 is 2. The summed E-state index contributed by atoms with van der Waals surface area (Å²) in [7, 11) is 5.34. The van der Waals surface area contributed by atoms with Gasteiger partial charge in [0.05, 0.1) is 20.5 Å². The monoisotopic (exact) mass is 487 g/mol. The summed E-state index contributed by atoms with van der Waals surface area (Å²) >= 11 is 0. The van der Waals surface area contributed by atoms with Gasteiger partial charge in [-0.25, -0.2) is 0 Å². The number of guanidine groups is 1. The second kappa shape index (κ2) is 11.7. The molecule has 7 heteroatoms. The Morgan fingerprint density at radius 1 is 1.22 bits per heavy atom. The minimum Gasteiger partial charge on any atom is -0.493 e. The fourth-order valence-electron chi connectivity index (χ4n) is 2.72. The Labute approximate surface area is 179 Å². The van der Waals surface area contributed by atoms with Crippen molar-refractivity contribution in [2.24, 2.45) is 4.99 Å².